The lowest BCUT2D eigenvalue weighted by Gasteiger charge is -2.15. The Morgan fingerprint density at radius 3 is 2.34 bits per heavy atom. The molecule has 2 aromatic heterocycles. The van der Waals surface area contributed by atoms with Crippen LogP contribution in [-0.4, -0.2) is 27.6 Å². The van der Waals surface area contributed by atoms with Crippen LogP contribution in [0.3, 0.4) is 0 Å². The van der Waals surface area contributed by atoms with Crippen molar-refractivity contribution in [2.45, 2.75) is 20.0 Å². The summed E-state index contributed by atoms with van der Waals surface area (Å²) in [5, 5.41) is 4.74. The molecule has 0 bridgehead atoms. The second kappa shape index (κ2) is 8.19. The van der Waals surface area contributed by atoms with Crippen LogP contribution in [0.2, 0.25) is 0 Å². The molecule has 2 heterocycles. The monoisotopic (exact) mass is 385 g/mol. The van der Waals surface area contributed by atoms with Gasteiger partial charge in [-0.25, -0.2) is 0 Å². The smallest absolute Gasteiger partial charge is 0.257 e. The van der Waals surface area contributed by atoms with Gasteiger partial charge in [0.15, 0.2) is 0 Å². The van der Waals surface area contributed by atoms with Gasteiger partial charge in [-0.2, -0.15) is 5.10 Å². The molecule has 0 saturated carbocycles. The molecule has 2 aromatic carbocycles. The largest absolute Gasteiger partial charge is 0.464 e. The van der Waals surface area contributed by atoms with Crippen LogP contribution in [0.1, 0.15) is 27.4 Å². The zero-order chi connectivity index (χ0) is 20.2. The number of furan rings is 1. The lowest BCUT2D eigenvalue weighted by Crippen LogP contribution is -2.26. The van der Waals surface area contributed by atoms with Gasteiger partial charge in [0.05, 0.1) is 18.7 Å². The van der Waals surface area contributed by atoms with Gasteiger partial charge >= 0.3 is 0 Å². The van der Waals surface area contributed by atoms with E-state index in [-0.39, 0.29) is 5.91 Å². The van der Waals surface area contributed by atoms with Gasteiger partial charge in [-0.1, -0.05) is 60.7 Å². The van der Waals surface area contributed by atoms with Crippen molar-refractivity contribution in [1.29, 1.82) is 0 Å². The zero-order valence-electron chi connectivity index (χ0n) is 16.6. The Morgan fingerprint density at radius 2 is 1.69 bits per heavy atom. The fraction of sp³-hybridized carbons (Fsp3) is 0.167. The predicted molar refractivity (Wildman–Crippen MR) is 112 cm³/mol. The second-order valence-corrected chi connectivity index (χ2v) is 7.11. The number of aromatic nitrogens is 2. The topological polar surface area (TPSA) is 51.3 Å². The van der Waals surface area contributed by atoms with Gasteiger partial charge in [-0.05, 0) is 24.6 Å². The van der Waals surface area contributed by atoms with E-state index in [1.165, 1.54) is 0 Å². The number of aryl methyl sites for hydroxylation is 1. The van der Waals surface area contributed by atoms with E-state index in [1.54, 1.807) is 11.9 Å². The summed E-state index contributed by atoms with van der Waals surface area (Å²) in [5.41, 5.74) is 3.32. The molecule has 0 radical (unpaired) electrons. The summed E-state index contributed by atoms with van der Waals surface area (Å²) in [6, 6.07) is 23.7. The van der Waals surface area contributed by atoms with Gasteiger partial charge < -0.3 is 9.32 Å². The molecule has 0 saturated heterocycles. The summed E-state index contributed by atoms with van der Waals surface area (Å²) < 4.78 is 7.45. The molecule has 0 aliphatic carbocycles. The third-order valence-electron chi connectivity index (χ3n) is 4.76. The maximum absolute atomic E-state index is 13.2. The van der Waals surface area contributed by atoms with Gasteiger partial charge in [0.25, 0.3) is 5.91 Å². The third kappa shape index (κ3) is 4.29. The summed E-state index contributed by atoms with van der Waals surface area (Å²) in [4.78, 5) is 14.9. The molecule has 4 aromatic rings. The highest BCUT2D eigenvalue weighted by molar-refractivity contribution is 5.99. The van der Waals surface area contributed by atoms with Crippen LogP contribution >= 0.6 is 0 Å². The average Bonchev–Trinajstić information content (AvgIpc) is 3.35. The van der Waals surface area contributed by atoms with E-state index >= 15 is 0 Å². The summed E-state index contributed by atoms with van der Waals surface area (Å²) in [5.74, 6) is 1.51. The van der Waals surface area contributed by atoms with Crippen molar-refractivity contribution < 1.29 is 9.21 Å². The van der Waals surface area contributed by atoms with Crippen LogP contribution in [0.15, 0.2) is 83.4 Å². The predicted octanol–water partition coefficient (Wildman–Crippen LogP) is 4.77. The van der Waals surface area contributed by atoms with Crippen molar-refractivity contribution in [3.8, 4) is 11.3 Å². The Hall–Kier alpha value is -3.60. The summed E-state index contributed by atoms with van der Waals surface area (Å²) in [7, 11) is 1.78. The van der Waals surface area contributed by atoms with E-state index in [1.807, 2.05) is 78.5 Å². The van der Waals surface area contributed by atoms with E-state index in [9.17, 15) is 4.79 Å². The van der Waals surface area contributed by atoms with Gasteiger partial charge in [0.2, 0.25) is 0 Å². The Kier molecular flexibility index (Phi) is 5.29. The molecular formula is C24H23N3O2. The lowest BCUT2D eigenvalue weighted by atomic mass is 10.1. The standard InChI is InChI=1S/C24H23N3O2/c1-18-13-14-21(29-18)16-26(2)24(28)22-17-27(15-19-9-5-3-6-10-19)25-23(22)20-11-7-4-8-12-20/h3-14,17H,15-16H2,1-2H3. The van der Waals surface area contributed by atoms with Crippen LogP contribution in [0.5, 0.6) is 0 Å². The maximum atomic E-state index is 13.2. The molecule has 0 aliphatic rings. The van der Waals surface area contributed by atoms with Crippen LogP contribution in [0, 0.1) is 6.92 Å². The number of carbonyl (C=O) groups is 1. The van der Waals surface area contributed by atoms with Crippen molar-refractivity contribution in [3.63, 3.8) is 0 Å². The van der Waals surface area contributed by atoms with Crippen LogP contribution in [0.4, 0.5) is 0 Å². The highest BCUT2D eigenvalue weighted by Gasteiger charge is 2.22. The highest BCUT2D eigenvalue weighted by atomic mass is 16.3. The van der Waals surface area contributed by atoms with Crippen molar-refractivity contribution in [2.75, 3.05) is 7.05 Å². The Balaban J connectivity index is 1.65. The molecule has 5 heteroatoms. The number of carbonyl (C=O) groups excluding carboxylic acids is 1. The number of hydrogen-bond donors (Lipinski definition) is 0. The average molecular weight is 385 g/mol. The van der Waals surface area contributed by atoms with Crippen molar-refractivity contribution in [1.82, 2.24) is 14.7 Å². The SMILES string of the molecule is Cc1ccc(CN(C)C(=O)c2cn(Cc3ccccc3)nc2-c2ccccc2)o1. The number of nitrogens with zero attached hydrogens (tertiary/aromatic N) is 3. The third-order valence-corrected chi connectivity index (χ3v) is 4.76. The molecule has 0 atom stereocenters. The van der Waals surface area contributed by atoms with Crippen LogP contribution < -0.4 is 0 Å². The van der Waals surface area contributed by atoms with Gasteiger partial charge in [-0.15, -0.1) is 0 Å². The summed E-state index contributed by atoms with van der Waals surface area (Å²) in [6.45, 7) is 2.91. The highest BCUT2D eigenvalue weighted by Crippen LogP contribution is 2.24. The second-order valence-electron chi connectivity index (χ2n) is 7.11. The molecule has 0 unspecified atom stereocenters. The lowest BCUT2D eigenvalue weighted by molar-refractivity contribution is 0.0775. The first-order chi connectivity index (χ1) is 14.1. The van der Waals surface area contributed by atoms with Gasteiger partial charge in [0.1, 0.15) is 17.2 Å². The van der Waals surface area contributed by atoms with E-state index in [4.69, 9.17) is 9.52 Å². The Morgan fingerprint density at radius 1 is 1.00 bits per heavy atom. The molecule has 0 aliphatic heterocycles. The van der Waals surface area contributed by atoms with Crippen LogP contribution in [0.25, 0.3) is 11.3 Å². The minimum absolute atomic E-state index is 0.0859. The maximum Gasteiger partial charge on any atom is 0.257 e. The fourth-order valence-corrected chi connectivity index (χ4v) is 3.32. The quantitative estimate of drug-likeness (QED) is 0.480. The number of benzene rings is 2. The van der Waals surface area contributed by atoms with Gasteiger partial charge in [0, 0.05) is 18.8 Å². The first kappa shape index (κ1) is 18.7. The molecule has 146 valence electrons. The van der Waals surface area contributed by atoms with Crippen molar-refractivity contribution in [2.24, 2.45) is 0 Å². The molecule has 4 rings (SSSR count). The normalized spacial score (nSPS) is 10.8. The van der Waals surface area contributed by atoms with Crippen LogP contribution in [-0.2, 0) is 13.1 Å². The van der Waals surface area contributed by atoms with E-state index < -0.39 is 0 Å². The van der Waals surface area contributed by atoms with Gasteiger partial charge in [-0.3, -0.25) is 9.48 Å². The zero-order valence-corrected chi connectivity index (χ0v) is 16.6. The minimum atomic E-state index is -0.0859. The van der Waals surface area contributed by atoms with E-state index in [0.717, 1.165) is 22.6 Å². The molecule has 0 N–H and O–H groups in total. The molecular weight excluding hydrogens is 362 g/mol. The first-order valence-corrected chi connectivity index (χ1v) is 9.58. The fourth-order valence-electron chi connectivity index (χ4n) is 3.32. The summed E-state index contributed by atoms with van der Waals surface area (Å²) >= 11 is 0. The molecule has 1 amide bonds. The Labute approximate surface area is 170 Å². The van der Waals surface area contributed by atoms with Crippen molar-refractivity contribution >= 4 is 5.91 Å². The van der Waals surface area contributed by atoms with Crippen molar-refractivity contribution in [3.05, 3.63) is 102 Å². The van der Waals surface area contributed by atoms with E-state index in [0.29, 0.717) is 24.3 Å². The number of rotatable bonds is 6. The molecule has 0 fully saturated rings. The van der Waals surface area contributed by atoms with E-state index in [2.05, 4.69) is 12.1 Å². The number of amides is 1. The molecule has 0 spiro atoms. The Bertz CT molecular complexity index is 1100. The molecule has 5 nitrogen and oxygen atoms in total. The first-order valence-electron chi connectivity index (χ1n) is 9.58. The minimum Gasteiger partial charge on any atom is -0.464 e. The molecule has 29 heavy (non-hydrogen) atoms. The number of hydrogen-bond acceptors (Lipinski definition) is 3. The summed E-state index contributed by atoms with van der Waals surface area (Å²) in [6.07, 6.45) is 1.83.